The smallest absolute Gasteiger partial charge is 0.293 e. The Bertz CT molecular complexity index is 1030. The number of Topliss-reactive ketones (excluding diaryl/α,β-unsaturated/α-hetero) is 1. The number of carbonyl (C=O) groups excluding carboxylic acids is 4. The number of pyridine rings is 1. The van der Waals surface area contributed by atoms with Gasteiger partial charge in [-0.25, -0.2) is 0 Å². The number of amides is 3. The monoisotopic (exact) mass is 412 g/mol. The SMILES string of the molecule is CC(=O)c1c(C)[nH]c(C(=O)NCCN2C(=O)S/C(=C\c3cccnc3)C2=O)c1C. The number of aromatic nitrogens is 2. The molecule has 29 heavy (non-hydrogen) atoms. The summed E-state index contributed by atoms with van der Waals surface area (Å²) in [6.07, 6.45) is 4.84. The maximum absolute atomic E-state index is 12.5. The molecule has 2 N–H and O–H groups in total. The average molecular weight is 412 g/mol. The van der Waals surface area contributed by atoms with Crippen LogP contribution in [0.15, 0.2) is 29.4 Å². The van der Waals surface area contributed by atoms with Gasteiger partial charge in [0.1, 0.15) is 5.69 Å². The number of thioether (sulfide) groups is 1. The first kappa shape index (κ1) is 20.5. The summed E-state index contributed by atoms with van der Waals surface area (Å²) in [7, 11) is 0. The molecule has 1 aliphatic rings. The minimum atomic E-state index is -0.399. The number of nitrogens with one attached hydrogen (secondary N) is 2. The van der Waals surface area contributed by atoms with E-state index < -0.39 is 11.8 Å². The zero-order valence-electron chi connectivity index (χ0n) is 16.2. The lowest BCUT2D eigenvalue weighted by Gasteiger charge is -2.13. The fraction of sp³-hybridized carbons (Fsp3) is 0.250. The van der Waals surface area contributed by atoms with Crippen molar-refractivity contribution in [1.82, 2.24) is 20.2 Å². The second-order valence-corrected chi connectivity index (χ2v) is 7.55. The van der Waals surface area contributed by atoms with Crippen LogP contribution in [0.5, 0.6) is 0 Å². The van der Waals surface area contributed by atoms with Crippen molar-refractivity contribution in [2.75, 3.05) is 13.1 Å². The molecule has 3 rings (SSSR count). The Labute approximate surface area is 171 Å². The lowest BCUT2D eigenvalue weighted by atomic mass is 10.1. The van der Waals surface area contributed by atoms with Crippen LogP contribution in [0.3, 0.4) is 0 Å². The standard InChI is InChI=1S/C20H20N4O4S/c1-11-16(13(3)25)12(2)23-17(11)18(26)22-7-8-24-19(27)15(29-20(24)28)9-14-5-4-6-21-10-14/h4-6,9-10,23H,7-8H2,1-3H3,(H,22,26)/b15-9-. The molecule has 0 atom stereocenters. The third kappa shape index (κ3) is 4.29. The van der Waals surface area contributed by atoms with E-state index in [0.717, 1.165) is 22.2 Å². The minimum absolute atomic E-state index is 0.0547. The Hall–Kier alpha value is -3.20. The summed E-state index contributed by atoms with van der Waals surface area (Å²) in [5.41, 5.74) is 2.75. The molecule has 8 nitrogen and oxygen atoms in total. The van der Waals surface area contributed by atoms with Crippen LogP contribution in [0, 0.1) is 13.8 Å². The van der Waals surface area contributed by atoms with Gasteiger partial charge in [-0.1, -0.05) is 6.07 Å². The summed E-state index contributed by atoms with van der Waals surface area (Å²) in [5.74, 6) is -0.909. The van der Waals surface area contributed by atoms with Crippen LogP contribution < -0.4 is 5.32 Å². The van der Waals surface area contributed by atoms with Crippen molar-refractivity contribution in [3.05, 3.63) is 57.5 Å². The van der Waals surface area contributed by atoms with E-state index in [1.807, 2.05) is 0 Å². The second-order valence-electron chi connectivity index (χ2n) is 6.56. The third-order valence-electron chi connectivity index (χ3n) is 4.49. The van der Waals surface area contributed by atoms with Crippen molar-refractivity contribution in [2.24, 2.45) is 0 Å². The van der Waals surface area contributed by atoms with Crippen LogP contribution in [0.1, 0.15) is 44.6 Å². The summed E-state index contributed by atoms with van der Waals surface area (Å²) in [5, 5.41) is 2.30. The number of imide groups is 1. The molecule has 1 aliphatic heterocycles. The molecule has 0 saturated carbocycles. The maximum atomic E-state index is 12.5. The Kier molecular flexibility index (Phi) is 5.97. The highest BCUT2D eigenvalue weighted by molar-refractivity contribution is 8.18. The molecule has 0 radical (unpaired) electrons. The highest BCUT2D eigenvalue weighted by atomic mass is 32.2. The molecule has 1 saturated heterocycles. The van der Waals surface area contributed by atoms with E-state index in [1.54, 1.807) is 44.4 Å². The predicted molar refractivity (Wildman–Crippen MR) is 110 cm³/mol. The number of aromatic amines is 1. The number of aryl methyl sites for hydroxylation is 1. The van der Waals surface area contributed by atoms with Crippen molar-refractivity contribution in [2.45, 2.75) is 20.8 Å². The van der Waals surface area contributed by atoms with Crippen LogP contribution in [-0.4, -0.2) is 50.8 Å². The summed E-state index contributed by atoms with van der Waals surface area (Å²) < 4.78 is 0. The summed E-state index contributed by atoms with van der Waals surface area (Å²) in [6, 6.07) is 3.53. The molecule has 2 aromatic heterocycles. The number of nitrogens with zero attached hydrogens (tertiary/aromatic N) is 2. The van der Waals surface area contributed by atoms with Crippen LogP contribution in [-0.2, 0) is 4.79 Å². The molecule has 1 fully saturated rings. The Morgan fingerprint density at radius 1 is 1.31 bits per heavy atom. The molecule has 0 bridgehead atoms. The first-order valence-electron chi connectivity index (χ1n) is 8.93. The third-order valence-corrected chi connectivity index (χ3v) is 5.40. The molecule has 0 unspecified atom stereocenters. The molecule has 3 heterocycles. The van der Waals surface area contributed by atoms with Crippen molar-refractivity contribution < 1.29 is 19.2 Å². The predicted octanol–water partition coefficient (Wildman–Crippen LogP) is 2.70. The van der Waals surface area contributed by atoms with E-state index in [2.05, 4.69) is 15.3 Å². The van der Waals surface area contributed by atoms with Gasteiger partial charge >= 0.3 is 0 Å². The Morgan fingerprint density at radius 3 is 2.69 bits per heavy atom. The molecule has 0 aromatic carbocycles. The highest BCUT2D eigenvalue weighted by Crippen LogP contribution is 2.31. The van der Waals surface area contributed by atoms with Crippen LogP contribution in [0.25, 0.3) is 6.08 Å². The molecular formula is C20H20N4O4S. The van der Waals surface area contributed by atoms with Gasteiger partial charge in [-0.3, -0.25) is 29.1 Å². The molecule has 3 amide bonds. The van der Waals surface area contributed by atoms with Gasteiger partial charge in [-0.05, 0) is 55.8 Å². The number of hydrogen-bond acceptors (Lipinski definition) is 6. The Balaban J connectivity index is 1.62. The summed E-state index contributed by atoms with van der Waals surface area (Å²) in [4.78, 5) is 57.1. The largest absolute Gasteiger partial charge is 0.354 e. The lowest BCUT2D eigenvalue weighted by Crippen LogP contribution is -2.37. The summed E-state index contributed by atoms with van der Waals surface area (Å²) in [6.45, 7) is 5.04. The fourth-order valence-corrected chi connectivity index (χ4v) is 4.05. The number of rotatable bonds is 6. The molecular weight excluding hydrogens is 392 g/mol. The van der Waals surface area contributed by atoms with Gasteiger partial charge in [-0.15, -0.1) is 0 Å². The minimum Gasteiger partial charge on any atom is -0.354 e. The van der Waals surface area contributed by atoms with Crippen molar-refractivity contribution in [1.29, 1.82) is 0 Å². The van der Waals surface area contributed by atoms with E-state index in [9.17, 15) is 19.2 Å². The first-order chi connectivity index (χ1) is 13.8. The van der Waals surface area contributed by atoms with Gasteiger partial charge in [0.25, 0.3) is 17.1 Å². The van der Waals surface area contributed by atoms with Crippen molar-refractivity contribution in [3.63, 3.8) is 0 Å². The number of ketones is 1. The zero-order chi connectivity index (χ0) is 21.1. The maximum Gasteiger partial charge on any atom is 0.293 e. The number of carbonyl (C=O) groups is 4. The van der Waals surface area contributed by atoms with Crippen LogP contribution >= 0.6 is 11.8 Å². The van der Waals surface area contributed by atoms with Gasteiger partial charge in [0, 0.05) is 36.7 Å². The van der Waals surface area contributed by atoms with Crippen LogP contribution in [0.2, 0.25) is 0 Å². The van der Waals surface area contributed by atoms with Gasteiger partial charge in [0.05, 0.1) is 4.91 Å². The Morgan fingerprint density at radius 2 is 2.07 bits per heavy atom. The van der Waals surface area contributed by atoms with Gasteiger partial charge < -0.3 is 10.3 Å². The topological polar surface area (TPSA) is 112 Å². The van der Waals surface area contributed by atoms with Crippen LogP contribution in [0.4, 0.5) is 4.79 Å². The molecule has 2 aromatic rings. The van der Waals surface area contributed by atoms with E-state index in [1.165, 1.54) is 6.92 Å². The average Bonchev–Trinajstić information content (AvgIpc) is 3.12. The van der Waals surface area contributed by atoms with Gasteiger partial charge in [0.15, 0.2) is 5.78 Å². The zero-order valence-corrected chi connectivity index (χ0v) is 17.1. The molecule has 0 aliphatic carbocycles. The van der Waals surface area contributed by atoms with E-state index >= 15 is 0 Å². The fourth-order valence-electron chi connectivity index (χ4n) is 3.18. The van der Waals surface area contributed by atoms with Crippen molar-refractivity contribution in [3.8, 4) is 0 Å². The van der Waals surface area contributed by atoms with E-state index in [4.69, 9.17) is 0 Å². The second kappa shape index (κ2) is 8.44. The quantitative estimate of drug-likeness (QED) is 0.557. The van der Waals surface area contributed by atoms with Gasteiger partial charge in [-0.2, -0.15) is 0 Å². The van der Waals surface area contributed by atoms with E-state index in [0.29, 0.717) is 27.4 Å². The lowest BCUT2D eigenvalue weighted by molar-refractivity contribution is -0.122. The normalized spacial score (nSPS) is 15.3. The first-order valence-corrected chi connectivity index (χ1v) is 9.75. The molecule has 0 spiro atoms. The number of hydrogen-bond donors (Lipinski definition) is 2. The molecule has 150 valence electrons. The highest BCUT2D eigenvalue weighted by Gasteiger charge is 2.34. The van der Waals surface area contributed by atoms with E-state index in [-0.39, 0.29) is 24.1 Å². The van der Waals surface area contributed by atoms with Crippen molar-refractivity contribution >= 4 is 40.7 Å². The molecule has 9 heteroatoms. The number of H-pyrrole nitrogens is 1. The summed E-state index contributed by atoms with van der Waals surface area (Å²) >= 11 is 0.857. The van der Waals surface area contributed by atoms with Gasteiger partial charge in [0.2, 0.25) is 0 Å².